The fourth-order valence-corrected chi connectivity index (χ4v) is 11.7. The van der Waals surface area contributed by atoms with Gasteiger partial charge in [0.2, 0.25) is 0 Å². The van der Waals surface area contributed by atoms with Crippen molar-refractivity contribution < 1.29 is 13.6 Å². The first-order valence-electron chi connectivity index (χ1n) is 15.0. The molecule has 0 amide bonds. The van der Waals surface area contributed by atoms with E-state index in [0.29, 0.717) is 12.0 Å². The summed E-state index contributed by atoms with van der Waals surface area (Å²) >= 11 is 0. The molecule has 0 saturated carbocycles. The first kappa shape index (κ1) is 33.1. The molecule has 0 bridgehead atoms. The maximum atomic E-state index is 13.0. The van der Waals surface area contributed by atoms with Crippen LogP contribution in [-0.2, 0) is 13.6 Å². The molecule has 7 nitrogen and oxygen atoms in total. The van der Waals surface area contributed by atoms with Gasteiger partial charge in [-0.25, -0.2) is 4.79 Å². The number of aryl methyl sites for hydroxylation is 1. The third-order valence-corrected chi connectivity index (χ3v) is 18.8. The topological polar surface area (TPSA) is 82.5 Å². The predicted molar refractivity (Wildman–Crippen MR) is 179 cm³/mol. The third-order valence-electron chi connectivity index (χ3n) is 9.29. The quantitative estimate of drug-likeness (QED) is 0.247. The number of nitrogens with one attached hydrogen (secondary N) is 1. The Hall–Kier alpha value is -2.83. The zero-order valence-corrected chi connectivity index (χ0v) is 29.2. The van der Waals surface area contributed by atoms with E-state index < -0.39 is 45.8 Å². The van der Waals surface area contributed by atoms with Gasteiger partial charge < -0.3 is 13.6 Å². The molecule has 0 spiro atoms. The molecule has 1 aliphatic heterocycles. The number of aromatic nitrogens is 2. The Kier molecular flexibility index (Phi) is 9.18. The Morgan fingerprint density at radius 3 is 1.98 bits per heavy atom. The van der Waals surface area contributed by atoms with E-state index in [0.717, 1.165) is 10.4 Å². The first-order chi connectivity index (χ1) is 20.0. The second-order valence-corrected chi connectivity index (χ2v) is 23.3. The van der Waals surface area contributed by atoms with E-state index in [9.17, 15) is 9.59 Å². The zero-order valence-electron chi connectivity index (χ0n) is 27.2. The van der Waals surface area contributed by atoms with Crippen LogP contribution in [0, 0.1) is 6.92 Å². The van der Waals surface area contributed by atoms with Crippen LogP contribution in [0.1, 0.15) is 59.8 Å². The molecular formula is C34H48N2O5Si2. The van der Waals surface area contributed by atoms with Crippen LogP contribution in [0.5, 0.6) is 0 Å². The molecule has 1 aromatic heterocycles. The Labute approximate surface area is 258 Å². The highest BCUT2D eigenvalue weighted by atomic mass is 28.4. The summed E-state index contributed by atoms with van der Waals surface area (Å²) in [5.74, 6) is 0. The lowest BCUT2D eigenvalue weighted by atomic mass is 9.98. The van der Waals surface area contributed by atoms with Crippen LogP contribution in [0.4, 0.5) is 0 Å². The van der Waals surface area contributed by atoms with Gasteiger partial charge in [-0.15, -0.1) is 6.58 Å². The predicted octanol–water partition coefficient (Wildman–Crippen LogP) is 5.66. The summed E-state index contributed by atoms with van der Waals surface area (Å²) in [6, 6.07) is 21.0. The molecule has 2 aromatic carbocycles. The zero-order chi connectivity index (χ0) is 31.8. The molecular weight excluding hydrogens is 573 g/mol. The Morgan fingerprint density at radius 2 is 1.51 bits per heavy atom. The van der Waals surface area contributed by atoms with Crippen molar-refractivity contribution in [2.75, 3.05) is 6.61 Å². The summed E-state index contributed by atoms with van der Waals surface area (Å²) < 4.78 is 22.7. The Balaban J connectivity index is 1.85. The number of H-pyrrole nitrogens is 1. The van der Waals surface area contributed by atoms with E-state index in [4.69, 9.17) is 13.6 Å². The Morgan fingerprint density at radius 1 is 0.977 bits per heavy atom. The van der Waals surface area contributed by atoms with Crippen LogP contribution >= 0.6 is 0 Å². The molecule has 4 rings (SSSR count). The van der Waals surface area contributed by atoms with Gasteiger partial charge in [-0.3, -0.25) is 14.3 Å². The molecule has 1 fully saturated rings. The summed E-state index contributed by atoms with van der Waals surface area (Å²) in [5, 5.41) is 2.04. The molecule has 3 aromatic rings. The Bertz CT molecular complexity index is 1500. The van der Waals surface area contributed by atoms with Gasteiger partial charge in [0.15, 0.2) is 8.32 Å². The highest BCUT2D eigenvalue weighted by molar-refractivity contribution is 6.99. The molecule has 9 heteroatoms. The molecule has 232 valence electrons. The first-order valence-corrected chi connectivity index (χ1v) is 19.9. The van der Waals surface area contributed by atoms with E-state index in [1.807, 2.05) is 12.1 Å². The fraction of sp³-hybridized carbons (Fsp3) is 0.471. The SMILES string of the molecule is C=C[C@]1(CO[Si](c2ccccc2)(c2ccccc2)C(C)(C)C)O[C@@H](n2cc(C)c(=O)[nH]c2=O)C[C@@H]1O[Si](C)(C)C(C)(C)C. The van der Waals surface area contributed by atoms with Crippen molar-refractivity contribution in [1.82, 2.24) is 9.55 Å². The highest BCUT2D eigenvalue weighted by Gasteiger charge is 2.56. The lowest BCUT2D eigenvalue weighted by Crippen LogP contribution is -2.68. The molecule has 0 unspecified atom stereocenters. The number of benzene rings is 2. The monoisotopic (exact) mass is 620 g/mol. The summed E-state index contributed by atoms with van der Waals surface area (Å²) in [4.78, 5) is 27.6. The van der Waals surface area contributed by atoms with Crippen molar-refractivity contribution in [3.63, 3.8) is 0 Å². The molecule has 1 N–H and O–H groups in total. The van der Waals surface area contributed by atoms with Crippen LogP contribution in [0.15, 0.2) is 89.1 Å². The molecule has 3 atom stereocenters. The van der Waals surface area contributed by atoms with Crippen molar-refractivity contribution in [2.45, 2.75) is 96.0 Å². The van der Waals surface area contributed by atoms with Gasteiger partial charge in [0, 0.05) is 18.2 Å². The molecule has 1 aliphatic rings. The summed E-state index contributed by atoms with van der Waals surface area (Å²) in [6.45, 7) is 23.9. The van der Waals surface area contributed by atoms with Gasteiger partial charge in [-0.05, 0) is 40.5 Å². The van der Waals surface area contributed by atoms with E-state index in [1.165, 1.54) is 4.57 Å². The van der Waals surface area contributed by atoms with Gasteiger partial charge in [0.05, 0.1) is 12.7 Å². The van der Waals surface area contributed by atoms with Crippen molar-refractivity contribution in [3.8, 4) is 0 Å². The minimum Gasteiger partial charge on any atom is -0.410 e. The standard InChI is InChI=1S/C34H48N2O5Si2/c1-11-34(24-39-43(33(6,7)8,26-18-14-12-15-19-26)27-20-16-13-17-21-27)28(41-42(9,10)32(3,4)5)22-29(40-34)36-23-25(2)30(37)35-31(36)38/h11-21,23,28-29H,1,22,24H2,2-10H3,(H,35,37,38)/t28-,29+,34+/m0/s1. The van der Waals surface area contributed by atoms with Gasteiger partial charge >= 0.3 is 5.69 Å². The van der Waals surface area contributed by atoms with Crippen molar-refractivity contribution in [2.24, 2.45) is 0 Å². The van der Waals surface area contributed by atoms with Crippen LogP contribution in [0.2, 0.25) is 23.2 Å². The number of ether oxygens (including phenoxy) is 1. The summed E-state index contributed by atoms with van der Waals surface area (Å²) in [5.41, 5.74) is -1.53. The number of nitrogens with zero attached hydrogens (tertiary/aromatic N) is 1. The molecule has 0 radical (unpaired) electrons. The largest absolute Gasteiger partial charge is 0.410 e. The van der Waals surface area contributed by atoms with Crippen LogP contribution in [0.3, 0.4) is 0 Å². The van der Waals surface area contributed by atoms with Gasteiger partial charge in [-0.1, -0.05) is 108 Å². The maximum Gasteiger partial charge on any atom is 0.330 e. The van der Waals surface area contributed by atoms with E-state index in [-0.39, 0.29) is 16.7 Å². The summed E-state index contributed by atoms with van der Waals surface area (Å²) in [7, 11) is -5.22. The molecule has 1 saturated heterocycles. The van der Waals surface area contributed by atoms with Crippen molar-refractivity contribution in [3.05, 3.63) is 106 Å². The fourth-order valence-electron chi connectivity index (χ4n) is 5.76. The van der Waals surface area contributed by atoms with Gasteiger partial charge in [0.1, 0.15) is 11.8 Å². The lowest BCUT2D eigenvalue weighted by molar-refractivity contribution is -0.0915. The highest BCUT2D eigenvalue weighted by Crippen LogP contribution is 2.46. The molecule has 43 heavy (non-hydrogen) atoms. The molecule has 0 aliphatic carbocycles. The van der Waals surface area contributed by atoms with E-state index in [2.05, 4.69) is 115 Å². The second kappa shape index (κ2) is 11.9. The average molecular weight is 621 g/mol. The van der Waals surface area contributed by atoms with Crippen LogP contribution < -0.4 is 21.6 Å². The van der Waals surface area contributed by atoms with Crippen molar-refractivity contribution in [1.29, 1.82) is 0 Å². The normalized spacial score (nSPS) is 21.6. The van der Waals surface area contributed by atoms with E-state index in [1.54, 1.807) is 19.2 Å². The lowest BCUT2D eigenvalue weighted by Gasteiger charge is -2.46. The summed E-state index contributed by atoms with van der Waals surface area (Å²) in [6.07, 6.45) is 2.68. The average Bonchev–Trinajstić information content (AvgIpc) is 3.28. The maximum absolute atomic E-state index is 13.0. The van der Waals surface area contributed by atoms with Gasteiger partial charge in [0.25, 0.3) is 13.9 Å². The minimum atomic E-state index is -2.92. The number of hydrogen-bond acceptors (Lipinski definition) is 5. The number of hydrogen-bond donors (Lipinski definition) is 1. The number of rotatable bonds is 9. The minimum absolute atomic E-state index is 0.0533. The van der Waals surface area contributed by atoms with Crippen molar-refractivity contribution >= 4 is 27.0 Å². The second-order valence-electron chi connectivity index (χ2n) is 14.3. The molecule has 2 heterocycles. The third kappa shape index (κ3) is 6.24. The number of aromatic amines is 1. The van der Waals surface area contributed by atoms with E-state index >= 15 is 0 Å². The van der Waals surface area contributed by atoms with Gasteiger partial charge in [-0.2, -0.15) is 0 Å². The van der Waals surface area contributed by atoms with Crippen LogP contribution in [-0.4, -0.2) is 44.5 Å². The smallest absolute Gasteiger partial charge is 0.330 e. The van der Waals surface area contributed by atoms with Crippen LogP contribution in [0.25, 0.3) is 0 Å².